The van der Waals surface area contributed by atoms with Crippen LogP contribution in [-0.2, 0) is 0 Å². The number of aryl methyl sites for hydroxylation is 3. The molecule has 0 atom stereocenters. The molecule has 0 aromatic heterocycles. The number of ether oxygens (including phenoxy) is 1. The van der Waals surface area contributed by atoms with E-state index in [1.807, 2.05) is 12.1 Å². The summed E-state index contributed by atoms with van der Waals surface area (Å²) >= 11 is 0. The topological polar surface area (TPSA) is 21.3 Å². The summed E-state index contributed by atoms with van der Waals surface area (Å²) in [6.07, 6.45) is 4.26. The average molecular weight is 303 g/mol. The summed E-state index contributed by atoms with van der Waals surface area (Å²) in [5.41, 5.74) is 7.66. The molecule has 1 N–H and O–H groups in total. The van der Waals surface area contributed by atoms with Gasteiger partial charge in [0.05, 0.1) is 7.11 Å². The Labute approximate surface area is 139 Å². The van der Waals surface area contributed by atoms with Crippen molar-refractivity contribution in [2.24, 2.45) is 0 Å². The van der Waals surface area contributed by atoms with Crippen molar-refractivity contribution in [3.63, 3.8) is 0 Å². The number of allylic oxidation sites excluding steroid dienone is 2. The Morgan fingerprint density at radius 2 is 1.61 bits per heavy atom. The fourth-order valence-electron chi connectivity index (χ4n) is 3.33. The van der Waals surface area contributed by atoms with E-state index >= 15 is 0 Å². The lowest BCUT2D eigenvalue weighted by Crippen LogP contribution is -2.46. The van der Waals surface area contributed by atoms with Gasteiger partial charge in [0.2, 0.25) is 0 Å². The second kappa shape index (κ2) is 6.37. The summed E-state index contributed by atoms with van der Waals surface area (Å²) in [5, 5.41) is 3.66. The minimum atomic E-state index is 0.206. The monoisotopic (exact) mass is 303 g/mol. The summed E-state index contributed by atoms with van der Waals surface area (Å²) in [7, 11) is 1.69. The molecule has 0 unspecified atom stereocenters. The van der Waals surface area contributed by atoms with E-state index in [1.165, 1.54) is 27.7 Å². The van der Waals surface area contributed by atoms with E-state index in [4.69, 9.17) is 4.74 Å². The number of hydrogen-bond acceptors (Lipinski definition) is 2. The van der Waals surface area contributed by atoms with Crippen LogP contribution in [0.25, 0.3) is 5.70 Å². The SMILES string of the molecule is COc1ccc(C2=CC=CB(c3c(C)cc(C)cc3C)N2)cc1. The van der Waals surface area contributed by atoms with Crippen LogP contribution in [-0.4, -0.2) is 14.0 Å². The van der Waals surface area contributed by atoms with Crippen LogP contribution in [0, 0.1) is 20.8 Å². The van der Waals surface area contributed by atoms with Crippen LogP contribution in [0.3, 0.4) is 0 Å². The quantitative estimate of drug-likeness (QED) is 0.876. The average Bonchev–Trinajstić information content (AvgIpc) is 2.54. The minimum Gasteiger partial charge on any atom is -0.497 e. The molecule has 2 nitrogen and oxygen atoms in total. The van der Waals surface area contributed by atoms with Gasteiger partial charge >= 0.3 is 6.85 Å². The van der Waals surface area contributed by atoms with Gasteiger partial charge in [0, 0.05) is 5.70 Å². The molecule has 2 aromatic rings. The lowest BCUT2D eigenvalue weighted by Gasteiger charge is -2.23. The van der Waals surface area contributed by atoms with Gasteiger partial charge in [-0.25, -0.2) is 0 Å². The van der Waals surface area contributed by atoms with Crippen molar-refractivity contribution in [1.29, 1.82) is 0 Å². The molecule has 0 spiro atoms. The first-order chi connectivity index (χ1) is 11.1. The molecule has 0 amide bonds. The van der Waals surface area contributed by atoms with Crippen molar-refractivity contribution < 1.29 is 4.74 Å². The fraction of sp³-hybridized carbons (Fsp3) is 0.200. The fourth-order valence-corrected chi connectivity index (χ4v) is 3.33. The summed E-state index contributed by atoms with van der Waals surface area (Å²) in [4.78, 5) is 0. The van der Waals surface area contributed by atoms with E-state index in [2.05, 4.69) is 68.4 Å². The van der Waals surface area contributed by atoms with Crippen LogP contribution in [0.2, 0.25) is 0 Å². The zero-order valence-electron chi connectivity index (χ0n) is 14.2. The van der Waals surface area contributed by atoms with Crippen molar-refractivity contribution in [3.8, 4) is 5.75 Å². The lowest BCUT2D eigenvalue weighted by molar-refractivity contribution is 0.415. The Kier molecular flexibility index (Phi) is 4.29. The van der Waals surface area contributed by atoms with Gasteiger partial charge in [-0.1, -0.05) is 40.9 Å². The molecule has 0 saturated carbocycles. The number of benzene rings is 2. The van der Waals surface area contributed by atoms with Crippen molar-refractivity contribution in [2.75, 3.05) is 7.11 Å². The molecule has 3 heteroatoms. The van der Waals surface area contributed by atoms with Crippen LogP contribution in [0.5, 0.6) is 5.75 Å². The summed E-state index contributed by atoms with van der Waals surface area (Å²) < 4.78 is 5.24. The largest absolute Gasteiger partial charge is 0.497 e. The highest BCUT2D eigenvalue weighted by Gasteiger charge is 2.22. The molecular formula is C20H22BNO. The first-order valence-electron chi connectivity index (χ1n) is 7.95. The molecule has 0 radical (unpaired) electrons. The molecule has 1 aliphatic heterocycles. The molecule has 0 fully saturated rings. The second-order valence-corrected chi connectivity index (χ2v) is 6.13. The van der Waals surface area contributed by atoms with Gasteiger partial charge in [-0.05, 0) is 62.1 Å². The Balaban J connectivity index is 1.89. The summed E-state index contributed by atoms with van der Waals surface area (Å²) in [6, 6.07) is 12.7. The van der Waals surface area contributed by atoms with E-state index in [9.17, 15) is 0 Å². The molecule has 0 bridgehead atoms. The molecule has 23 heavy (non-hydrogen) atoms. The third-order valence-electron chi connectivity index (χ3n) is 4.33. The highest BCUT2D eigenvalue weighted by molar-refractivity contribution is 6.77. The Hall–Kier alpha value is -2.42. The van der Waals surface area contributed by atoms with E-state index in [1.54, 1.807) is 7.11 Å². The van der Waals surface area contributed by atoms with Gasteiger partial charge in [-0.2, -0.15) is 0 Å². The molecular weight excluding hydrogens is 281 g/mol. The maximum Gasteiger partial charge on any atom is 0.313 e. The van der Waals surface area contributed by atoms with Crippen molar-refractivity contribution >= 4 is 18.0 Å². The van der Waals surface area contributed by atoms with E-state index in [-0.39, 0.29) is 6.85 Å². The third kappa shape index (κ3) is 3.19. The van der Waals surface area contributed by atoms with Crippen LogP contribution < -0.4 is 15.4 Å². The maximum atomic E-state index is 5.24. The first-order valence-corrected chi connectivity index (χ1v) is 7.95. The van der Waals surface area contributed by atoms with Crippen molar-refractivity contribution in [2.45, 2.75) is 20.8 Å². The van der Waals surface area contributed by atoms with Crippen molar-refractivity contribution in [3.05, 3.63) is 76.8 Å². The molecule has 3 rings (SSSR count). The molecule has 0 aliphatic carbocycles. The normalized spacial score (nSPS) is 13.6. The number of nitrogens with one attached hydrogen (secondary N) is 1. The van der Waals surface area contributed by atoms with Gasteiger partial charge in [-0.15, -0.1) is 0 Å². The highest BCUT2D eigenvalue weighted by Crippen LogP contribution is 2.19. The number of rotatable bonds is 3. The van der Waals surface area contributed by atoms with Crippen LogP contribution in [0.15, 0.2) is 54.5 Å². The molecule has 116 valence electrons. The van der Waals surface area contributed by atoms with Gasteiger partial charge in [0.1, 0.15) is 5.75 Å². The zero-order valence-corrected chi connectivity index (χ0v) is 14.2. The second-order valence-electron chi connectivity index (χ2n) is 6.13. The lowest BCUT2D eigenvalue weighted by atomic mass is 9.52. The smallest absolute Gasteiger partial charge is 0.313 e. The number of hydrogen-bond donors (Lipinski definition) is 1. The Bertz CT molecular complexity index is 752. The third-order valence-corrected chi connectivity index (χ3v) is 4.33. The van der Waals surface area contributed by atoms with Crippen LogP contribution in [0.4, 0.5) is 0 Å². The summed E-state index contributed by atoms with van der Waals surface area (Å²) in [6.45, 7) is 6.74. The Morgan fingerprint density at radius 1 is 0.957 bits per heavy atom. The minimum absolute atomic E-state index is 0.206. The molecule has 1 aliphatic rings. The zero-order chi connectivity index (χ0) is 16.4. The van der Waals surface area contributed by atoms with Gasteiger partial charge in [0.15, 0.2) is 0 Å². The number of methoxy groups -OCH3 is 1. The highest BCUT2D eigenvalue weighted by atomic mass is 16.5. The van der Waals surface area contributed by atoms with E-state index in [0.717, 1.165) is 11.4 Å². The predicted octanol–water partition coefficient (Wildman–Crippen LogP) is 3.56. The predicted molar refractivity (Wildman–Crippen MR) is 99.3 cm³/mol. The van der Waals surface area contributed by atoms with Gasteiger partial charge in [-0.3, -0.25) is 0 Å². The standard InChI is InChI=1S/C20H22BNO/c1-14-12-15(2)20(16(3)13-14)21-11-5-6-19(22-21)17-7-9-18(23-4)10-8-17/h5-13,22H,1-4H3. The van der Waals surface area contributed by atoms with Gasteiger partial charge in [0.25, 0.3) is 0 Å². The Morgan fingerprint density at radius 3 is 2.22 bits per heavy atom. The summed E-state index contributed by atoms with van der Waals surface area (Å²) in [5.74, 6) is 3.10. The molecule has 0 saturated heterocycles. The van der Waals surface area contributed by atoms with Crippen LogP contribution >= 0.6 is 0 Å². The maximum absolute atomic E-state index is 5.24. The van der Waals surface area contributed by atoms with Gasteiger partial charge < -0.3 is 9.96 Å². The molecule has 1 heterocycles. The van der Waals surface area contributed by atoms with E-state index < -0.39 is 0 Å². The van der Waals surface area contributed by atoms with Crippen LogP contribution in [0.1, 0.15) is 22.3 Å². The van der Waals surface area contributed by atoms with Crippen molar-refractivity contribution in [1.82, 2.24) is 5.23 Å². The molecule has 2 aromatic carbocycles. The van der Waals surface area contributed by atoms with E-state index in [0.29, 0.717) is 0 Å². The first kappa shape index (κ1) is 15.5.